The highest BCUT2D eigenvalue weighted by molar-refractivity contribution is 5.72. The van der Waals surface area contributed by atoms with Crippen molar-refractivity contribution in [3.05, 3.63) is 233 Å². The highest BCUT2D eigenvalue weighted by atomic mass is 19.1. The molecule has 12 heteroatoms. The number of methoxy groups -OCH3 is 2. The van der Waals surface area contributed by atoms with Crippen molar-refractivity contribution in [3.63, 3.8) is 0 Å². The van der Waals surface area contributed by atoms with Crippen LogP contribution in [0.15, 0.2) is 194 Å². The van der Waals surface area contributed by atoms with Crippen molar-refractivity contribution < 1.29 is 28.4 Å². The number of aromatic amines is 1. The largest absolute Gasteiger partial charge is 0.497 e. The summed E-state index contributed by atoms with van der Waals surface area (Å²) in [6.07, 6.45) is -2.25. The summed E-state index contributed by atoms with van der Waals surface area (Å²) < 4.78 is 44.2. The lowest BCUT2D eigenvalue weighted by molar-refractivity contribution is -0.140. The summed E-state index contributed by atoms with van der Waals surface area (Å²) in [7, 11) is 3.19. The first-order valence-corrected chi connectivity index (χ1v) is 20.8. The van der Waals surface area contributed by atoms with Crippen LogP contribution in [0.5, 0.6) is 11.5 Å². The second-order valence-corrected chi connectivity index (χ2v) is 15.5. The first-order chi connectivity index (χ1) is 31.3. The van der Waals surface area contributed by atoms with E-state index in [4.69, 9.17) is 23.9 Å². The highest BCUT2D eigenvalue weighted by Crippen LogP contribution is 2.50. The Hall–Kier alpha value is -7.38. The number of hydrogen-bond donors (Lipinski definition) is 3. The van der Waals surface area contributed by atoms with Crippen LogP contribution >= 0.6 is 0 Å². The molecule has 9 rings (SSSR count). The number of ether oxygens (including phenoxy) is 4. The van der Waals surface area contributed by atoms with Crippen molar-refractivity contribution in [2.75, 3.05) is 26.1 Å². The number of nitrogens with one attached hydrogen (secondary N) is 2. The van der Waals surface area contributed by atoms with E-state index in [9.17, 15) is 9.90 Å². The van der Waals surface area contributed by atoms with E-state index in [2.05, 4.69) is 21.9 Å². The van der Waals surface area contributed by atoms with E-state index in [0.29, 0.717) is 28.2 Å². The van der Waals surface area contributed by atoms with Crippen LogP contribution in [0.1, 0.15) is 39.6 Å². The fraction of sp³-hybridized carbons (Fsp3) is 0.173. The minimum atomic E-state index is -1.97. The molecule has 3 N–H and O–H groups in total. The molecule has 8 aromatic rings. The molecule has 64 heavy (non-hydrogen) atoms. The Bertz CT molecular complexity index is 2820. The smallest absolute Gasteiger partial charge is 0.280 e. The van der Waals surface area contributed by atoms with Crippen molar-refractivity contribution in [1.29, 1.82) is 0 Å². The number of nitrogens with zero attached hydrogens (tertiary/aromatic N) is 3. The molecule has 1 aliphatic heterocycles. The van der Waals surface area contributed by atoms with Crippen LogP contribution in [0.3, 0.4) is 0 Å². The van der Waals surface area contributed by atoms with Gasteiger partial charge in [-0.25, -0.2) is 9.37 Å². The number of imidazole rings is 1. The maximum Gasteiger partial charge on any atom is 0.280 e. The van der Waals surface area contributed by atoms with Crippen LogP contribution in [-0.4, -0.2) is 63.3 Å². The minimum Gasteiger partial charge on any atom is -0.497 e. The Morgan fingerprint density at radius 1 is 0.750 bits per heavy atom. The molecule has 2 aromatic heterocycles. The first kappa shape index (κ1) is 41.9. The third-order valence-electron chi connectivity index (χ3n) is 12.1. The summed E-state index contributed by atoms with van der Waals surface area (Å²) in [4.78, 5) is 26.3. The average Bonchev–Trinajstić information content (AvgIpc) is 3.91. The van der Waals surface area contributed by atoms with E-state index < -0.39 is 47.4 Å². The quantitative estimate of drug-likeness (QED) is 0.0685. The third kappa shape index (κ3) is 7.11. The van der Waals surface area contributed by atoms with Gasteiger partial charge in [0.25, 0.3) is 5.56 Å². The zero-order valence-corrected chi connectivity index (χ0v) is 35.2. The van der Waals surface area contributed by atoms with E-state index in [1.54, 1.807) is 14.2 Å². The molecule has 1 aliphatic rings. The number of anilines is 1. The number of benzene rings is 6. The van der Waals surface area contributed by atoms with Crippen molar-refractivity contribution >= 4 is 17.1 Å². The highest BCUT2D eigenvalue weighted by Gasteiger charge is 2.59. The predicted octanol–water partition coefficient (Wildman–Crippen LogP) is 8.70. The fourth-order valence-electron chi connectivity index (χ4n) is 8.86. The van der Waals surface area contributed by atoms with Gasteiger partial charge in [-0.1, -0.05) is 152 Å². The van der Waals surface area contributed by atoms with Gasteiger partial charge in [0.05, 0.1) is 27.2 Å². The van der Waals surface area contributed by atoms with Crippen molar-refractivity contribution in [3.8, 4) is 11.5 Å². The Balaban J connectivity index is 1.18. The summed E-state index contributed by atoms with van der Waals surface area (Å²) in [6.45, 7) is 3.34. The molecular weight excluding hydrogens is 810 g/mol. The summed E-state index contributed by atoms with van der Waals surface area (Å²) in [6, 6.07) is 53.6. The number of aliphatic hydroxyl groups is 1. The topological polar surface area (TPSA) is 133 Å². The summed E-state index contributed by atoms with van der Waals surface area (Å²) in [5.41, 5.74) is -0.315. The normalized spacial score (nSPS) is 18.7. The molecular formula is C52H46FN5O6. The third-order valence-corrected chi connectivity index (χ3v) is 12.1. The van der Waals surface area contributed by atoms with E-state index in [-0.39, 0.29) is 17.1 Å². The van der Waals surface area contributed by atoms with Crippen LogP contribution in [0, 0.1) is 0 Å². The van der Waals surface area contributed by atoms with E-state index in [0.717, 1.165) is 16.7 Å². The van der Waals surface area contributed by atoms with Crippen molar-refractivity contribution in [1.82, 2.24) is 19.5 Å². The Morgan fingerprint density at radius 2 is 1.20 bits per heavy atom. The van der Waals surface area contributed by atoms with Crippen molar-refractivity contribution in [2.45, 2.75) is 35.2 Å². The molecule has 1 fully saturated rings. The van der Waals surface area contributed by atoms with Gasteiger partial charge in [-0.3, -0.25) is 14.3 Å². The zero-order valence-electron chi connectivity index (χ0n) is 35.2. The molecule has 0 spiro atoms. The predicted molar refractivity (Wildman–Crippen MR) is 243 cm³/mol. The average molecular weight is 856 g/mol. The number of alkyl halides is 1. The van der Waals surface area contributed by atoms with Gasteiger partial charge in [0, 0.05) is 0 Å². The summed E-state index contributed by atoms with van der Waals surface area (Å²) in [5, 5.41) is 14.8. The van der Waals surface area contributed by atoms with Crippen LogP contribution in [-0.2, 0) is 20.6 Å². The monoisotopic (exact) mass is 855 g/mol. The standard InChI is InChI=1S/C52H46FN5O6/c1-4-50(33-59)45(63-52(38-21-13-7-14-22-38,39-23-15-8-16-24-39)40-27-31-42(62-3)32-28-40)43(53)48(64-50)58-34-54-44-46(58)55-49(56-47(44)60)57-51(35-17-9-5-10-18-35,36-19-11-6-12-20-36)37-25-29-41(61-2)30-26-37/h4-32,34,43,45,48,59H,1,33H2,2-3H3,(H2,55,56,57,60)/t43-,45+,48-,50-/m1/s1. The molecule has 3 heterocycles. The molecule has 322 valence electrons. The van der Waals surface area contributed by atoms with Crippen LogP contribution < -0.4 is 20.3 Å². The molecule has 0 bridgehead atoms. The lowest BCUT2D eigenvalue weighted by Crippen LogP contribution is -2.50. The molecule has 0 radical (unpaired) electrons. The molecule has 0 saturated carbocycles. The lowest BCUT2D eigenvalue weighted by atomic mass is 9.77. The molecule has 6 aromatic carbocycles. The second kappa shape index (κ2) is 17.4. The van der Waals surface area contributed by atoms with Crippen LogP contribution in [0.25, 0.3) is 11.2 Å². The van der Waals surface area contributed by atoms with Gasteiger partial charge in [0.15, 0.2) is 23.6 Å². The van der Waals surface area contributed by atoms with E-state index >= 15 is 4.39 Å². The number of halogens is 1. The molecule has 0 aliphatic carbocycles. The second-order valence-electron chi connectivity index (χ2n) is 15.5. The van der Waals surface area contributed by atoms with Gasteiger partial charge in [0.2, 0.25) is 5.95 Å². The van der Waals surface area contributed by atoms with Crippen LogP contribution in [0.4, 0.5) is 10.3 Å². The lowest BCUT2D eigenvalue weighted by Gasteiger charge is -2.41. The molecule has 0 unspecified atom stereocenters. The summed E-state index contributed by atoms with van der Waals surface area (Å²) >= 11 is 0. The van der Waals surface area contributed by atoms with E-state index in [1.807, 2.05) is 170 Å². The number of hydrogen-bond acceptors (Lipinski definition) is 9. The number of aliphatic hydroxyl groups excluding tert-OH is 1. The molecule has 0 amide bonds. The van der Waals surface area contributed by atoms with Gasteiger partial charge < -0.3 is 29.4 Å². The number of rotatable bonds is 15. The SMILES string of the molecule is C=C[C@]1(CO)O[C@@H](n2cnc3c(=O)[nH]c(NC(c4ccccc4)(c4ccccc4)c4ccc(OC)cc4)nc32)[C@H](F)[C@@H]1OC(c1ccccc1)(c1ccccc1)c1ccc(OC)cc1. The van der Waals surface area contributed by atoms with Gasteiger partial charge in [0.1, 0.15) is 34.3 Å². The van der Waals surface area contributed by atoms with Gasteiger partial charge in [-0.2, -0.15) is 4.98 Å². The van der Waals surface area contributed by atoms with E-state index in [1.165, 1.54) is 17.0 Å². The van der Waals surface area contributed by atoms with Crippen LogP contribution in [0.2, 0.25) is 0 Å². The number of aromatic nitrogens is 4. The maximum atomic E-state index is 18.0. The first-order valence-electron chi connectivity index (χ1n) is 20.8. The summed E-state index contributed by atoms with van der Waals surface area (Å²) in [5.74, 6) is 1.37. The number of fused-ring (bicyclic) bond motifs is 1. The van der Waals surface area contributed by atoms with Gasteiger partial charge in [-0.15, -0.1) is 6.58 Å². The van der Waals surface area contributed by atoms with Crippen molar-refractivity contribution in [2.24, 2.45) is 0 Å². The van der Waals surface area contributed by atoms with Gasteiger partial charge >= 0.3 is 0 Å². The fourth-order valence-corrected chi connectivity index (χ4v) is 8.86. The molecule has 1 saturated heterocycles. The Morgan fingerprint density at radius 3 is 1.67 bits per heavy atom. The Labute approximate surface area is 369 Å². The minimum absolute atomic E-state index is 0.0349. The van der Waals surface area contributed by atoms with Gasteiger partial charge in [-0.05, 0) is 57.6 Å². The molecule has 4 atom stereocenters. The Kier molecular flexibility index (Phi) is 11.4. The molecule has 11 nitrogen and oxygen atoms in total. The maximum absolute atomic E-state index is 18.0. The zero-order chi connectivity index (χ0) is 44.3. The number of H-pyrrole nitrogens is 1.